The number of halogens is 1. The van der Waals surface area contributed by atoms with Gasteiger partial charge in [-0.1, -0.05) is 12.1 Å². The number of nitrogens with zero attached hydrogens (tertiary/aromatic N) is 2. The Balaban J connectivity index is 0.00000225. The Labute approximate surface area is 152 Å². The number of aromatic nitrogens is 2. The maximum Gasteiger partial charge on any atom is 0.258 e. The highest BCUT2D eigenvalue weighted by Gasteiger charge is 2.32. The van der Waals surface area contributed by atoms with Gasteiger partial charge in [0.15, 0.2) is 0 Å². The third-order valence-electron chi connectivity index (χ3n) is 4.42. The molecule has 0 radical (unpaired) electrons. The summed E-state index contributed by atoms with van der Waals surface area (Å²) in [7, 11) is 1.65. The number of nitrogens with one attached hydrogen (secondary N) is 2. The van der Waals surface area contributed by atoms with Gasteiger partial charge in [-0.05, 0) is 25.5 Å². The first-order chi connectivity index (χ1) is 11.6. The minimum absolute atomic E-state index is 0. The standard InChI is InChI=1S/C17H22N4O3.ClH/c1-3-21(17(23)14-8-11(24-2)9-18-14)10-15-19-13-7-5-4-6-12(13)16(22)20-15;/h4-7,11,14,18H,3,8-10H2,1-2H3,(H,19,20,22);1H/t11-,14-;/m0./s1. The highest BCUT2D eigenvalue weighted by Crippen LogP contribution is 2.14. The number of carbonyl (C=O) groups excluding carboxylic acids is 1. The summed E-state index contributed by atoms with van der Waals surface area (Å²) < 4.78 is 5.29. The summed E-state index contributed by atoms with van der Waals surface area (Å²) in [5.41, 5.74) is 0.454. The molecule has 0 saturated carbocycles. The average molecular weight is 367 g/mol. The molecule has 1 fully saturated rings. The van der Waals surface area contributed by atoms with E-state index < -0.39 is 0 Å². The normalized spacial score (nSPS) is 19.6. The van der Waals surface area contributed by atoms with Gasteiger partial charge in [0, 0.05) is 20.2 Å². The summed E-state index contributed by atoms with van der Waals surface area (Å²) in [6.45, 7) is 3.42. The van der Waals surface area contributed by atoms with Crippen molar-refractivity contribution in [3.05, 3.63) is 40.4 Å². The third-order valence-corrected chi connectivity index (χ3v) is 4.42. The molecule has 2 heterocycles. The van der Waals surface area contributed by atoms with Crippen LogP contribution >= 0.6 is 12.4 Å². The molecule has 1 aliphatic heterocycles. The molecule has 2 aromatic rings. The van der Waals surface area contributed by atoms with Crippen molar-refractivity contribution < 1.29 is 9.53 Å². The summed E-state index contributed by atoms with van der Waals surface area (Å²) in [5, 5.41) is 3.74. The number of hydrogen-bond donors (Lipinski definition) is 2. The first kappa shape index (κ1) is 19.4. The SMILES string of the molecule is CCN(Cc1nc2ccccc2c(=O)[nH]1)C(=O)[C@@H]1C[C@H](OC)CN1.Cl. The zero-order valence-corrected chi connectivity index (χ0v) is 15.1. The van der Waals surface area contributed by atoms with Gasteiger partial charge in [-0.2, -0.15) is 0 Å². The molecular weight excluding hydrogens is 344 g/mol. The molecule has 136 valence electrons. The molecular formula is C17H23ClN4O3. The number of hydrogen-bond acceptors (Lipinski definition) is 5. The fraction of sp³-hybridized carbons (Fsp3) is 0.471. The topological polar surface area (TPSA) is 87.3 Å². The largest absolute Gasteiger partial charge is 0.380 e. The van der Waals surface area contributed by atoms with E-state index in [4.69, 9.17) is 4.74 Å². The van der Waals surface area contributed by atoms with Gasteiger partial charge in [0.25, 0.3) is 5.56 Å². The van der Waals surface area contributed by atoms with Crippen molar-refractivity contribution in [3.63, 3.8) is 0 Å². The van der Waals surface area contributed by atoms with Crippen LogP contribution < -0.4 is 10.9 Å². The number of amides is 1. The third kappa shape index (κ3) is 4.18. The quantitative estimate of drug-likeness (QED) is 0.826. The van der Waals surface area contributed by atoms with Crippen LogP contribution in [0, 0.1) is 0 Å². The Morgan fingerprint density at radius 2 is 2.16 bits per heavy atom. The van der Waals surface area contributed by atoms with Gasteiger partial charge in [0.1, 0.15) is 5.82 Å². The van der Waals surface area contributed by atoms with Crippen molar-refractivity contribution >= 4 is 29.2 Å². The Hall–Kier alpha value is -1.96. The summed E-state index contributed by atoms with van der Waals surface area (Å²) >= 11 is 0. The second-order valence-electron chi connectivity index (χ2n) is 5.94. The van der Waals surface area contributed by atoms with Crippen LogP contribution in [0.2, 0.25) is 0 Å². The number of para-hydroxylation sites is 1. The molecule has 0 aliphatic carbocycles. The smallest absolute Gasteiger partial charge is 0.258 e. The van der Waals surface area contributed by atoms with Gasteiger partial charge in [0.05, 0.1) is 29.6 Å². The van der Waals surface area contributed by atoms with Crippen molar-refractivity contribution in [1.82, 2.24) is 20.2 Å². The Morgan fingerprint density at radius 1 is 1.40 bits per heavy atom. The van der Waals surface area contributed by atoms with Gasteiger partial charge in [-0.3, -0.25) is 9.59 Å². The summed E-state index contributed by atoms with van der Waals surface area (Å²) in [6, 6.07) is 6.93. The number of methoxy groups -OCH3 is 1. The van der Waals surface area contributed by atoms with Crippen LogP contribution in [0.4, 0.5) is 0 Å². The molecule has 1 aliphatic rings. The summed E-state index contributed by atoms with van der Waals surface area (Å²) in [4.78, 5) is 33.8. The zero-order valence-electron chi connectivity index (χ0n) is 14.3. The molecule has 1 amide bonds. The van der Waals surface area contributed by atoms with Gasteiger partial charge < -0.3 is 19.9 Å². The average Bonchev–Trinajstić information content (AvgIpc) is 3.08. The van der Waals surface area contributed by atoms with Crippen LogP contribution in [0.5, 0.6) is 0 Å². The van der Waals surface area contributed by atoms with E-state index in [0.717, 1.165) is 0 Å². The second kappa shape index (κ2) is 8.42. The molecule has 0 bridgehead atoms. The van der Waals surface area contributed by atoms with E-state index in [1.165, 1.54) is 0 Å². The van der Waals surface area contributed by atoms with E-state index >= 15 is 0 Å². The molecule has 0 spiro atoms. The number of likely N-dealkylation sites (N-methyl/N-ethyl adjacent to an activating group) is 1. The number of aromatic amines is 1. The first-order valence-electron chi connectivity index (χ1n) is 8.15. The first-order valence-corrected chi connectivity index (χ1v) is 8.15. The zero-order chi connectivity index (χ0) is 17.1. The van der Waals surface area contributed by atoms with Gasteiger partial charge in [-0.15, -0.1) is 12.4 Å². The number of H-pyrrole nitrogens is 1. The highest BCUT2D eigenvalue weighted by molar-refractivity contribution is 5.85. The van der Waals surface area contributed by atoms with Crippen LogP contribution in [0.1, 0.15) is 19.2 Å². The van der Waals surface area contributed by atoms with Crippen molar-refractivity contribution in [1.29, 1.82) is 0 Å². The Morgan fingerprint density at radius 3 is 2.84 bits per heavy atom. The molecule has 7 nitrogen and oxygen atoms in total. The maximum absolute atomic E-state index is 12.7. The van der Waals surface area contributed by atoms with Gasteiger partial charge in [0.2, 0.25) is 5.91 Å². The van der Waals surface area contributed by atoms with Crippen LogP contribution in [0.25, 0.3) is 10.9 Å². The molecule has 3 rings (SSSR count). The van der Waals surface area contributed by atoms with Crippen molar-refractivity contribution in [2.45, 2.75) is 32.0 Å². The van der Waals surface area contributed by atoms with E-state index in [-0.39, 0.29) is 42.6 Å². The van der Waals surface area contributed by atoms with Crippen LogP contribution in [0.3, 0.4) is 0 Å². The molecule has 25 heavy (non-hydrogen) atoms. The van der Waals surface area contributed by atoms with E-state index in [9.17, 15) is 9.59 Å². The Bertz CT molecular complexity index is 795. The molecule has 2 N–H and O–H groups in total. The van der Waals surface area contributed by atoms with Crippen molar-refractivity contribution in [2.75, 3.05) is 20.2 Å². The van der Waals surface area contributed by atoms with E-state index in [0.29, 0.717) is 36.2 Å². The second-order valence-corrected chi connectivity index (χ2v) is 5.94. The molecule has 1 aromatic heterocycles. The number of ether oxygens (including phenoxy) is 1. The molecule has 1 saturated heterocycles. The highest BCUT2D eigenvalue weighted by atomic mass is 35.5. The minimum Gasteiger partial charge on any atom is -0.380 e. The molecule has 2 atom stereocenters. The number of rotatable bonds is 5. The van der Waals surface area contributed by atoms with E-state index in [1.807, 2.05) is 13.0 Å². The van der Waals surface area contributed by atoms with Crippen LogP contribution in [-0.2, 0) is 16.1 Å². The van der Waals surface area contributed by atoms with Gasteiger partial charge >= 0.3 is 0 Å². The molecule has 8 heteroatoms. The number of carbonyl (C=O) groups is 1. The summed E-state index contributed by atoms with van der Waals surface area (Å²) in [5.74, 6) is 0.503. The fourth-order valence-corrected chi connectivity index (χ4v) is 3.03. The van der Waals surface area contributed by atoms with Crippen LogP contribution in [0.15, 0.2) is 29.1 Å². The van der Waals surface area contributed by atoms with E-state index in [2.05, 4.69) is 15.3 Å². The predicted octanol–water partition coefficient (Wildman–Crippen LogP) is 1.07. The van der Waals surface area contributed by atoms with E-state index in [1.54, 1.807) is 30.2 Å². The lowest BCUT2D eigenvalue weighted by atomic mass is 10.1. The number of benzene rings is 1. The lowest BCUT2D eigenvalue weighted by Crippen LogP contribution is -2.43. The fourth-order valence-electron chi connectivity index (χ4n) is 3.03. The Kier molecular flexibility index (Phi) is 6.52. The lowest BCUT2D eigenvalue weighted by molar-refractivity contribution is -0.133. The lowest BCUT2D eigenvalue weighted by Gasteiger charge is -2.23. The molecule has 0 unspecified atom stereocenters. The van der Waals surface area contributed by atoms with Crippen molar-refractivity contribution in [2.24, 2.45) is 0 Å². The maximum atomic E-state index is 12.7. The van der Waals surface area contributed by atoms with Gasteiger partial charge in [-0.25, -0.2) is 4.98 Å². The molecule has 1 aromatic carbocycles. The summed E-state index contributed by atoms with van der Waals surface area (Å²) in [6.07, 6.45) is 0.726. The monoisotopic (exact) mass is 366 g/mol. The van der Waals surface area contributed by atoms with Crippen molar-refractivity contribution in [3.8, 4) is 0 Å². The number of fused-ring (bicyclic) bond motifs is 1. The predicted molar refractivity (Wildman–Crippen MR) is 97.9 cm³/mol. The van der Waals surface area contributed by atoms with Crippen LogP contribution in [-0.4, -0.2) is 53.1 Å². The minimum atomic E-state index is -0.248.